The number of aliphatic carboxylic acids is 1. The molecule has 0 aliphatic heterocycles. The van der Waals surface area contributed by atoms with Gasteiger partial charge in [0, 0.05) is 10.2 Å². The number of primary amides is 1. The molecule has 1 aromatic carbocycles. The van der Waals surface area contributed by atoms with Crippen molar-refractivity contribution in [2.75, 3.05) is 5.32 Å². The highest BCUT2D eigenvalue weighted by Gasteiger charge is 2.28. The molecule has 1 amide bonds. The summed E-state index contributed by atoms with van der Waals surface area (Å²) in [5.74, 6) is -1.63. The van der Waals surface area contributed by atoms with Gasteiger partial charge in [-0.25, -0.2) is 4.79 Å². The van der Waals surface area contributed by atoms with Crippen LogP contribution in [-0.4, -0.2) is 22.5 Å². The summed E-state index contributed by atoms with van der Waals surface area (Å²) in [5.41, 5.74) is 4.67. The molecule has 0 bridgehead atoms. The summed E-state index contributed by atoms with van der Waals surface area (Å²) >= 11 is 3.25. The van der Waals surface area contributed by atoms with Crippen molar-refractivity contribution in [2.45, 2.75) is 19.4 Å². The minimum atomic E-state index is -1.19. The Bertz CT molecular complexity index is 472. The predicted octanol–water partition coefficient (Wildman–Crippen LogP) is 1.82. The molecule has 0 saturated carbocycles. The van der Waals surface area contributed by atoms with Gasteiger partial charge in [-0.15, -0.1) is 0 Å². The van der Waals surface area contributed by atoms with Crippen molar-refractivity contribution in [1.82, 2.24) is 0 Å². The van der Waals surface area contributed by atoms with E-state index in [0.717, 1.165) is 4.47 Å². The number of anilines is 1. The van der Waals surface area contributed by atoms with Crippen LogP contribution < -0.4 is 11.1 Å². The van der Waals surface area contributed by atoms with Crippen molar-refractivity contribution < 1.29 is 14.7 Å². The lowest BCUT2D eigenvalue weighted by molar-refractivity contribution is -0.141. The molecule has 0 atom stereocenters. The number of rotatable bonds is 4. The third kappa shape index (κ3) is 3.20. The molecule has 1 aromatic rings. The number of carboxylic acid groups (broad SMARTS) is 1. The van der Waals surface area contributed by atoms with E-state index >= 15 is 0 Å². The molecule has 0 aliphatic rings. The van der Waals surface area contributed by atoms with Gasteiger partial charge >= 0.3 is 5.97 Å². The zero-order chi connectivity index (χ0) is 13.2. The van der Waals surface area contributed by atoms with Crippen molar-refractivity contribution >= 4 is 33.5 Å². The van der Waals surface area contributed by atoms with Crippen molar-refractivity contribution in [3.05, 3.63) is 28.2 Å². The first-order chi connectivity index (χ1) is 7.74. The minimum absolute atomic E-state index is 0.252. The van der Waals surface area contributed by atoms with E-state index in [4.69, 9.17) is 10.8 Å². The van der Waals surface area contributed by atoms with Crippen LogP contribution in [0.2, 0.25) is 0 Å². The number of halogens is 1. The molecule has 0 aliphatic carbocycles. The van der Waals surface area contributed by atoms with Crippen LogP contribution >= 0.6 is 15.9 Å². The van der Waals surface area contributed by atoms with Gasteiger partial charge in [0.1, 0.15) is 5.54 Å². The van der Waals surface area contributed by atoms with Gasteiger partial charge in [0.25, 0.3) is 5.91 Å². The summed E-state index contributed by atoms with van der Waals surface area (Å²) in [4.78, 5) is 22.2. The van der Waals surface area contributed by atoms with Crippen LogP contribution in [0.15, 0.2) is 22.7 Å². The lowest BCUT2D eigenvalue weighted by Crippen LogP contribution is -2.40. The number of hydrogen-bond acceptors (Lipinski definition) is 3. The number of carbonyl (C=O) groups excluding carboxylic acids is 1. The molecule has 6 heteroatoms. The number of amides is 1. The Morgan fingerprint density at radius 2 is 2.00 bits per heavy atom. The van der Waals surface area contributed by atoms with E-state index in [1.165, 1.54) is 19.9 Å². The fourth-order valence-electron chi connectivity index (χ4n) is 1.22. The van der Waals surface area contributed by atoms with Crippen LogP contribution in [0, 0.1) is 0 Å². The maximum atomic E-state index is 11.2. The zero-order valence-corrected chi connectivity index (χ0v) is 11.0. The number of hydrogen-bond donors (Lipinski definition) is 3. The second kappa shape index (κ2) is 4.75. The first kappa shape index (κ1) is 13.5. The van der Waals surface area contributed by atoms with Crippen LogP contribution in [0.25, 0.3) is 0 Å². The van der Waals surface area contributed by atoms with Crippen molar-refractivity contribution in [1.29, 1.82) is 0 Å². The fraction of sp³-hybridized carbons (Fsp3) is 0.273. The highest BCUT2D eigenvalue weighted by atomic mass is 79.9. The molecule has 1 rings (SSSR count). The van der Waals surface area contributed by atoms with Crippen molar-refractivity contribution in [3.63, 3.8) is 0 Å². The van der Waals surface area contributed by atoms with Crippen LogP contribution in [0.1, 0.15) is 24.2 Å². The SMILES string of the molecule is CC(C)(Nc1cc(Br)ccc1C(N)=O)C(=O)O. The van der Waals surface area contributed by atoms with Gasteiger partial charge in [0.05, 0.1) is 5.56 Å². The summed E-state index contributed by atoms with van der Waals surface area (Å²) in [6.07, 6.45) is 0. The molecule has 0 fully saturated rings. The monoisotopic (exact) mass is 300 g/mol. The van der Waals surface area contributed by atoms with E-state index in [-0.39, 0.29) is 5.56 Å². The zero-order valence-electron chi connectivity index (χ0n) is 9.45. The highest BCUT2D eigenvalue weighted by Crippen LogP contribution is 2.24. The first-order valence-electron chi connectivity index (χ1n) is 4.85. The molecule has 0 heterocycles. The lowest BCUT2D eigenvalue weighted by Gasteiger charge is -2.23. The van der Waals surface area contributed by atoms with Crippen LogP contribution in [0.4, 0.5) is 5.69 Å². The maximum absolute atomic E-state index is 11.2. The summed E-state index contributed by atoms with van der Waals surface area (Å²) in [6.45, 7) is 3.00. The van der Waals surface area contributed by atoms with Gasteiger partial charge in [0.2, 0.25) is 0 Å². The Morgan fingerprint density at radius 1 is 1.41 bits per heavy atom. The normalized spacial score (nSPS) is 11.0. The van der Waals surface area contributed by atoms with Crippen LogP contribution in [-0.2, 0) is 4.79 Å². The van der Waals surface area contributed by atoms with Crippen molar-refractivity contribution in [2.24, 2.45) is 5.73 Å². The number of benzene rings is 1. The summed E-state index contributed by atoms with van der Waals surface area (Å²) in [6, 6.07) is 4.82. The topological polar surface area (TPSA) is 92.4 Å². The highest BCUT2D eigenvalue weighted by molar-refractivity contribution is 9.10. The largest absolute Gasteiger partial charge is 0.480 e. The number of nitrogens with one attached hydrogen (secondary N) is 1. The quantitative estimate of drug-likeness (QED) is 0.791. The Hall–Kier alpha value is -1.56. The van der Waals surface area contributed by atoms with Crippen LogP contribution in [0.3, 0.4) is 0 Å². The second-order valence-corrected chi connectivity index (χ2v) is 5.02. The van der Waals surface area contributed by atoms with Gasteiger partial charge in [0.15, 0.2) is 0 Å². The fourth-order valence-corrected chi connectivity index (χ4v) is 1.59. The van der Waals surface area contributed by atoms with Gasteiger partial charge in [-0.05, 0) is 32.0 Å². The molecule has 0 saturated heterocycles. The van der Waals surface area contributed by atoms with E-state index in [0.29, 0.717) is 5.69 Å². The summed E-state index contributed by atoms with van der Waals surface area (Å²) in [5, 5.41) is 11.8. The number of nitrogens with two attached hydrogens (primary N) is 1. The van der Waals surface area contributed by atoms with E-state index < -0.39 is 17.4 Å². The molecular formula is C11H13BrN2O3. The average Bonchev–Trinajstić information content (AvgIpc) is 2.15. The lowest BCUT2D eigenvalue weighted by atomic mass is 10.0. The third-order valence-electron chi connectivity index (χ3n) is 2.23. The summed E-state index contributed by atoms with van der Waals surface area (Å²) < 4.78 is 0.728. The molecule has 0 unspecified atom stereocenters. The Balaban J connectivity index is 3.17. The molecule has 92 valence electrons. The van der Waals surface area contributed by atoms with E-state index in [1.54, 1.807) is 12.1 Å². The molecule has 0 radical (unpaired) electrons. The average molecular weight is 301 g/mol. The molecule has 0 spiro atoms. The molecule has 0 aromatic heterocycles. The Labute approximate surface area is 107 Å². The minimum Gasteiger partial charge on any atom is -0.480 e. The molecular weight excluding hydrogens is 288 g/mol. The second-order valence-electron chi connectivity index (χ2n) is 4.11. The van der Waals surface area contributed by atoms with Crippen molar-refractivity contribution in [3.8, 4) is 0 Å². The summed E-state index contributed by atoms with van der Waals surface area (Å²) in [7, 11) is 0. The third-order valence-corrected chi connectivity index (χ3v) is 2.72. The van der Waals surface area contributed by atoms with Gasteiger partial charge in [-0.2, -0.15) is 0 Å². The van der Waals surface area contributed by atoms with Crippen LogP contribution in [0.5, 0.6) is 0 Å². The number of carboxylic acids is 1. The van der Waals surface area contributed by atoms with E-state index in [2.05, 4.69) is 21.2 Å². The molecule has 5 nitrogen and oxygen atoms in total. The smallest absolute Gasteiger partial charge is 0.328 e. The van der Waals surface area contributed by atoms with Gasteiger partial charge < -0.3 is 16.2 Å². The van der Waals surface area contributed by atoms with Gasteiger partial charge in [-0.1, -0.05) is 15.9 Å². The molecule has 4 N–H and O–H groups in total. The standard InChI is InChI=1S/C11H13BrN2O3/c1-11(2,10(16)17)14-8-5-6(12)3-4-7(8)9(13)15/h3-5,14H,1-2H3,(H2,13,15)(H,16,17). The first-order valence-corrected chi connectivity index (χ1v) is 5.64. The maximum Gasteiger partial charge on any atom is 0.328 e. The van der Waals surface area contributed by atoms with Gasteiger partial charge in [-0.3, -0.25) is 4.79 Å². The Morgan fingerprint density at radius 3 is 2.47 bits per heavy atom. The molecule has 17 heavy (non-hydrogen) atoms. The number of carbonyl (C=O) groups is 2. The van der Waals surface area contributed by atoms with E-state index in [1.807, 2.05) is 0 Å². The predicted molar refractivity (Wildman–Crippen MR) is 68.0 cm³/mol. The van der Waals surface area contributed by atoms with E-state index in [9.17, 15) is 9.59 Å². The Kier molecular flexibility index (Phi) is 3.77.